The van der Waals surface area contributed by atoms with Crippen molar-refractivity contribution >= 4 is 44.9 Å². The molecular weight excluding hydrogens is 570 g/mol. The molecule has 0 spiro atoms. The molecule has 2 aromatic carbocycles. The second-order valence-electron chi connectivity index (χ2n) is 10.1. The van der Waals surface area contributed by atoms with E-state index in [1.54, 1.807) is 0 Å². The van der Waals surface area contributed by atoms with Crippen molar-refractivity contribution < 1.29 is 4.79 Å². The number of halogens is 1. The van der Waals surface area contributed by atoms with E-state index < -0.39 is 0 Å². The Bertz CT molecular complexity index is 1530. The lowest BCUT2D eigenvalue weighted by atomic mass is 9.96. The van der Waals surface area contributed by atoms with Crippen molar-refractivity contribution in [1.29, 1.82) is 0 Å². The zero-order chi connectivity index (χ0) is 27.7. The summed E-state index contributed by atoms with van der Waals surface area (Å²) in [6.07, 6.45) is 2.12. The van der Waals surface area contributed by atoms with Gasteiger partial charge in [0.2, 0.25) is 5.91 Å². The molecule has 0 bridgehead atoms. The van der Waals surface area contributed by atoms with Crippen LogP contribution in [-0.2, 0) is 4.79 Å². The molecule has 39 heavy (non-hydrogen) atoms. The lowest BCUT2D eigenvalue weighted by molar-refractivity contribution is -0.116. The Morgan fingerprint density at radius 1 is 1.05 bits per heavy atom. The molecule has 0 saturated carbocycles. The molecule has 1 fully saturated rings. The van der Waals surface area contributed by atoms with E-state index in [1.807, 2.05) is 68.6 Å². The Morgan fingerprint density at radius 3 is 2.62 bits per heavy atom. The summed E-state index contributed by atoms with van der Waals surface area (Å²) in [5.74, 6) is -0.0360. The van der Waals surface area contributed by atoms with Crippen molar-refractivity contribution in [2.45, 2.75) is 46.2 Å². The molecule has 1 saturated heterocycles. The van der Waals surface area contributed by atoms with E-state index in [0.29, 0.717) is 18.1 Å². The van der Waals surface area contributed by atoms with Crippen LogP contribution in [0.15, 0.2) is 77.4 Å². The van der Waals surface area contributed by atoms with E-state index in [-0.39, 0.29) is 18.0 Å². The summed E-state index contributed by atoms with van der Waals surface area (Å²) >= 11 is 9.46. The van der Waals surface area contributed by atoms with Crippen LogP contribution in [0.4, 0.5) is 5.69 Å². The lowest BCUT2D eigenvalue weighted by Crippen LogP contribution is -2.33. The number of hydrogen-bond acceptors (Lipinski definition) is 3. The van der Waals surface area contributed by atoms with Crippen LogP contribution in [0.25, 0.3) is 5.69 Å². The molecule has 3 heterocycles. The number of thiocarbonyl (C=S) groups is 1. The minimum atomic E-state index is -0.141. The van der Waals surface area contributed by atoms with Gasteiger partial charge in [0.1, 0.15) is 0 Å². The number of anilines is 1. The van der Waals surface area contributed by atoms with Crippen molar-refractivity contribution in [3.63, 3.8) is 0 Å². The number of pyridine rings is 1. The quantitative estimate of drug-likeness (QED) is 0.226. The third-order valence-electron chi connectivity index (χ3n) is 7.30. The number of hydrogen-bond donors (Lipinski definition) is 2. The van der Waals surface area contributed by atoms with E-state index >= 15 is 0 Å². The number of amides is 1. The number of aryl methyl sites for hydroxylation is 3. The van der Waals surface area contributed by atoms with E-state index in [4.69, 9.17) is 12.2 Å². The topological polar surface area (TPSA) is 62.2 Å². The summed E-state index contributed by atoms with van der Waals surface area (Å²) in [7, 11) is 0. The number of aromatic nitrogens is 2. The Balaban J connectivity index is 1.47. The van der Waals surface area contributed by atoms with E-state index in [9.17, 15) is 4.79 Å². The minimum Gasteiger partial charge on any atom is -0.352 e. The summed E-state index contributed by atoms with van der Waals surface area (Å²) in [6.45, 7) is 8.78. The maximum Gasteiger partial charge on any atom is 0.226 e. The van der Waals surface area contributed by atoms with E-state index in [0.717, 1.165) is 49.6 Å². The molecule has 0 aliphatic carbocycles. The SMILES string of the molecule is Cc1ccc(C)c(NC(=O)CCN2C(=S)N[C@@H](c3ccccn3)[C@@H]2c2cc(C)n(-c3cccc(Br)c3)c2C)c1. The molecular formula is C31H32BrN5OS. The van der Waals surface area contributed by atoms with Crippen molar-refractivity contribution in [3.8, 4) is 5.69 Å². The van der Waals surface area contributed by atoms with Crippen LogP contribution in [0, 0.1) is 27.7 Å². The number of carbonyl (C=O) groups is 1. The fourth-order valence-electron chi connectivity index (χ4n) is 5.39. The first-order valence-corrected chi connectivity index (χ1v) is 14.2. The van der Waals surface area contributed by atoms with Gasteiger partial charge in [-0.3, -0.25) is 9.78 Å². The van der Waals surface area contributed by atoms with Gasteiger partial charge in [-0.05, 0) is 99.1 Å². The molecule has 2 N–H and O–H groups in total. The van der Waals surface area contributed by atoms with Crippen LogP contribution in [-0.4, -0.2) is 32.0 Å². The highest BCUT2D eigenvalue weighted by Gasteiger charge is 2.41. The fourth-order valence-corrected chi connectivity index (χ4v) is 6.11. The lowest BCUT2D eigenvalue weighted by Gasteiger charge is -2.28. The van der Waals surface area contributed by atoms with E-state index in [2.05, 4.69) is 73.1 Å². The summed E-state index contributed by atoms with van der Waals surface area (Å²) in [5, 5.41) is 7.23. The van der Waals surface area contributed by atoms with Gasteiger partial charge in [0.25, 0.3) is 0 Å². The highest BCUT2D eigenvalue weighted by Crippen LogP contribution is 2.41. The summed E-state index contributed by atoms with van der Waals surface area (Å²) in [5.41, 5.74) is 8.43. The molecule has 0 radical (unpaired) electrons. The van der Waals surface area contributed by atoms with Crippen LogP contribution < -0.4 is 10.6 Å². The number of rotatable bonds is 7. The van der Waals surface area contributed by atoms with Gasteiger partial charge in [-0.1, -0.05) is 40.2 Å². The van der Waals surface area contributed by atoms with E-state index in [1.165, 1.54) is 0 Å². The normalized spacial score (nSPS) is 16.8. The number of benzene rings is 2. The average Bonchev–Trinajstić information content (AvgIpc) is 3.39. The molecule has 2 aromatic heterocycles. The van der Waals surface area contributed by atoms with Crippen molar-refractivity contribution in [3.05, 3.63) is 111 Å². The third-order valence-corrected chi connectivity index (χ3v) is 8.15. The molecule has 6 nitrogen and oxygen atoms in total. The number of nitrogens with zero attached hydrogens (tertiary/aromatic N) is 3. The Labute approximate surface area is 243 Å². The van der Waals surface area contributed by atoms with Gasteiger partial charge in [-0.25, -0.2) is 0 Å². The second kappa shape index (κ2) is 11.3. The van der Waals surface area contributed by atoms with Gasteiger partial charge < -0.3 is 20.1 Å². The summed E-state index contributed by atoms with van der Waals surface area (Å²) in [4.78, 5) is 19.9. The molecule has 1 aliphatic heterocycles. The van der Waals surface area contributed by atoms with Crippen molar-refractivity contribution in [2.75, 3.05) is 11.9 Å². The first-order valence-electron chi connectivity index (χ1n) is 13.0. The zero-order valence-corrected chi connectivity index (χ0v) is 24.9. The first kappa shape index (κ1) is 27.1. The summed E-state index contributed by atoms with van der Waals surface area (Å²) in [6, 6.07) is 22.3. The standard InChI is InChI=1S/C31H32BrN5OS/c1-19-11-12-20(2)27(16-19)34-28(38)13-15-36-30(29(35-31(36)39)26-10-5-6-14-33-26)25-17-21(3)37(22(25)4)24-9-7-8-23(32)18-24/h5-12,14,16-18,29-30H,13,15H2,1-4H3,(H,34,38)(H,35,39)/t29-,30-/m0/s1. The van der Waals surface area contributed by atoms with Crippen LogP contribution in [0.5, 0.6) is 0 Å². The summed E-state index contributed by atoms with van der Waals surface area (Å²) < 4.78 is 3.29. The average molecular weight is 603 g/mol. The van der Waals surface area contributed by atoms with Gasteiger partial charge in [-0.15, -0.1) is 0 Å². The zero-order valence-electron chi connectivity index (χ0n) is 22.5. The van der Waals surface area contributed by atoms with Gasteiger partial charge >= 0.3 is 0 Å². The van der Waals surface area contributed by atoms with Gasteiger partial charge in [-0.2, -0.15) is 0 Å². The van der Waals surface area contributed by atoms with Gasteiger partial charge in [0.05, 0.1) is 17.8 Å². The van der Waals surface area contributed by atoms with Crippen LogP contribution in [0.3, 0.4) is 0 Å². The monoisotopic (exact) mass is 601 g/mol. The predicted molar refractivity (Wildman–Crippen MR) is 164 cm³/mol. The molecule has 1 amide bonds. The van der Waals surface area contributed by atoms with Crippen LogP contribution in [0.2, 0.25) is 0 Å². The molecule has 2 atom stereocenters. The van der Waals surface area contributed by atoms with Gasteiger partial charge in [0.15, 0.2) is 5.11 Å². The molecule has 0 unspecified atom stereocenters. The Morgan fingerprint density at radius 2 is 1.87 bits per heavy atom. The minimum absolute atomic E-state index is 0.0360. The maximum atomic E-state index is 13.1. The maximum absolute atomic E-state index is 13.1. The van der Waals surface area contributed by atoms with Crippen molar-refractivity contribution in [2.24, 2.45) is 0 Å². The molecule has 5 rings (SSSR count). The van der Waals surface area contributed by atoms with Crippen LogP contribution >= 0.6 is 28.1 Å². The molecule has 8 heteroatoms. The molecule has 1 aliphatic rings. The molecule has 200 valence electrons. The first-order chi connectivity index (χ1) is 18.7. The number of nitrogens with one attached hydrogen (secondary N) is 2. The second-order valence-corrected chi connectivity index (χ2v) is 11.4. The van der Waals surface area contributed by atoms with Gasteiger partial charge in [0, 0.05) is 46.4 Å². The Hall–Kier alpha value is -3.49. The van der Waals surface area contributed by atoms with Crippen LogP contribution in [0.1, 0.15) is 52.3 Å². The smallest absolute Gasteiger partial charge is 0.226 e. The Kier molecular flexibility index (Phi) is 7.86. The highest BCUT2D eigenvalue weighted by atomic mass is 79.9. The fraction of sp³-hybridized carbons (Fsp3) is 0.258. The highest BCUT2D eigenvalue weighted by molar-refractivity contribution is 9.10. The van der Waals surface area contributed by atoms with Crippen molar-refractivity contribution in [1.82, 2.24) is 19.8 Å². The number of carbonyl (C=O) groups excluding carboxylic acids is 1. The molecule has 4 aromatic rings. The largest absolute Gasteiger partial charge is 0.352 e. The predicted octanol–water partition coefficient (Wildman–Crippen LogP) is 6.87. The third kappa shape index (κ3) is 5.63.